The minimum atomic E-state index is -3.45. The third-order valence-electron chi connectivity index (χ3n) is 6.45. The molecule has 0 radical (unpaired) electrons. The van der Waals surface area contributed by atoms with Crippen LogP contribution in [-0.2, 0) is 21.4 Å². The normalized spacial score (nSPS) is 21.3. The number of fused-ring (bicyclic) bond motifs is 1. The summed E-state index contributed by atoms with van der Waals surface area (Å²) in [6, 6.07) is 7.52. The number of likely N-dealkylation sites (N-methyl/N-ethyl adjacent to an activating group) is 1. The van der Waals surface area contributed by atoms with Crippen LogP contribution in [0.15, 0.2) is 35.4 Å². The van der Waals surface area contributed by atoms with Crippen molar-refractivity contribution in [3.8, 4) is 0 Å². The smallest absolute Gasteiger partial charge is 0.243 e. The maximum Gasteiger partial charge on any atom is 0.243 e. The number of benzene rings is 1. The molecule has 1 amide bonds. The molecule has 8 heteroatoms. The van der Waals surface area contributed by atoms with Crippen LogP contribution in [-0.4, -0.2) is 66.9 Å². The molecule has 7 nitrogen and oxygen atoms in total. The summed E-state index contributed by atoms with van der Waals surface area (Å²) >= 11 is 0. The zero-order chi connectivity index (χ0) is 21.1. The molecule has 2 aliphatic heterocycles. The number of piperidine rings is 1. The highest BCUT2D eigenvalue weighted by molar-refractivity contribution is 7.89. The van der Waals surface area contributed by atoms with E-state index >= 15 is 0 Å². The number of nitrogens with one attached hydrogen (secondary N) is 1. The molecule has 0 saturated carbocycles. The molecule has 1 atom stereocenters. The van der Waals surface area contributed by atoms with Crippen LogP contribution in [0, 0.1) is 0 Å². The van der Waals surface area contributed by atoms with Gasteiger partial charge in [0.25, 0.3) is 0 Å². The van der Waals surface area contributed by atoms with Gasteiger partial charge in [0.2, 0.25) is 15.9 Å². The number of hydrogen-bond donors (Lipinski definition) is 1. The molecule has 30 heavy (non-hydrogen) atoms. The highest BCUT2D eigenvalue weighted by atomic mass is 32.2. The number of rotatable bonds is 7. The third-order valence-corrected chi connectivity index (χ3v) is 8.34. The lowest BCUT2D eigenvalue weighted by atomic mass is 10.2. The Balaban J connectivity index is 1.43. The van der Waals surface area contributed by atoms with Crippen molar-refractivity contribution in [3.05, 3.63) is 30.5 Å². The number of aromatic nitrogens is 1. The van der Waals surface area contributed by atoms with Gasteiger partial charge in [0.1, 0.15) is 6.54 Å². The molecule has 2 aromatic rings. The van der Waals surface area contributed by atoms with Crippen molar-refractivity contribution in [2.24, 2.45) is 0 Å². The van der Waals surface area contributed by atoms with E-state index in [2.05, 4.69) is 17.1 Å². The van der Waals surface area contributed by atoms with E-state index in [1.165, 1.54) is 6.42 Å². The Labute approximate surface area is 179 Å². The predicted molar refractivity (Wildman–Crippen MR) is 118 cm³/mol. The second-order valence-corrected chi connectivity index (χ2v) is 10.3. The number of sulfonamides is 1. The fraction of sp³-hybridized carbons (Fsp3) is 0.591. The van der Waals surface area contributed by atoms with E-state index in [1.807, 2.05) is 22.9 Å². The van der Waals surface area contributed by atoms with Crippen LogP contribution in [0.4, 0.5) is 0 Å². The van der Waals surface area contributed by atoms with Crippen LogP contribution in [0.25, 0.3) is 10.9 Å². The number of hydrogen-bond acceptors (Lipinski definition) is 4. The lowest BCUT2D eigenvalue weighted by molar-refractivity contribution is -0.121. The zero-order valence-electron chi connectivity index (χ0n) is 17.7. The number of carbonyl (C=O) groups excluding carboxylic acids is 1. The minimum Gasteiger partial charge on any atom is -0.353 e. The molecule has 0 aliphatic carbocycles. The van der Waals surface area contributed by atoms with E-state index in [-0.39, 0.29) is 12.5 Å². The quantitative estimate of drug-likeness (QED) is 0.729. The molecule has 0 spiro atoms. The van der Waals surface area contributed by atoms with Gasteiger partial charge in [-0.2, -0.15) is 4.31 Å². The highest BCUT2D eigenvalue weighted by Crippen LogP contribution is 2.25. The van der Waals surface area contributed by atoms with Crippen molar-refractivity contribution >= 4 is 26.8 Å². The maximum atomic E-state index is 12.9. The number of carbonyl (C=O) groups is 1. The molecule has 164 valence electrons. The van der Waals surface area contributed by atoms with Crippen molar-refractivity contribution in [2.45, 2.75) is 56.5 Å². The summed E-state index contributed by atoms with van der Waals surface area (Å²) in [7, 11) is -3.45. The molecule has 1 aromatic carbocycles. The lowest BCUT2D eigenvalue weighted by Crippen LogP contribution is -2.40. The van der Waals surface area contributed by atoms with Crippen molar-refractivity contribution in [1.82, 2.24) is 19.1 Å². The van der Waals surface area contributed by atoms with Crippen molar-refractivity contribution in [3.63, 3.8) is 0 Å². The summed E-state index contributed by atoms with van der Waals surface area (Å²) < 4.78 is 29.3. The second-order valence-electron chi connectivity index (χ2n) is 8.36. The van der Waals surface area contributed by atoms with E-state index < -0.39 is 10.0 Å². The summed E-state index contributed by atoms with van der Waals surface area (Å²) in [4.78, 5) is 15.2. The van der Waals surface area contributed by atoms with Gasteiger partial charge in [0.15, 0.2) is 0 Å². The first-order valence-corrected chi connectivity index (χ1v) is 12.5. The van der Waals surface area contributed by atoms with Crippen molar-refractivity contribution < 1.29 is 13.2 Å². The monoisotopic (exact) mass is 432 g/mol. The summed E-state index contributed by atoms with van der Waals surface area (Å²) in [6.07, 6.45) is 7.12. The summed E-state index contributed by atoms with van der Waals surface area (Å²) in [6.45, 7) is 6.40. The van der Waals surface area contributed by atoms with Crippen LogP contribution >= 0.6 is 0 Å². The zero-order valence-corrected chi connectivity index (χ0v) is 18.5. The predicted octanol–water partition coefficient (Wildman–Crippen LogP) is 2.42. The topological polar surface area (TPSA) is 74.6 Å². The first kappa shape index (κ1) is 21.3. The van der Waals surface area contributed by atoms with E-state index in [0.29, 0.717) is 30.6 Å². The van der Waals surface area contributed by atoms with Gasteiger partial charge in [0, 0.05) is 42.8 Å². The van der Waals surface area contributed by atoms with Crippen LogP contribution in [0.5, 0.6) is 0 Å². The molecular weight excluding hydrogens is 400 g/mol. The SMILES string of the molecule is CCN1CCC[C@@H]1CNC(=O)Cn1ccc2cc(S(=O)(=O)N3CCCCC3)ccc21. The fourth-order valence-electron chi connectivity index (χ4n) is 4.72. The lowest BCUT2D eigenvalue weighted by Gasteiger charge is -2.25. The first-order chi connectivity index (χ1) is 14.5. The standard InChI is InChI=1S/C22H32N4O3S/c1-2-24-11-6-7-19(24)16-23-22(27)17-25-14-10-18-15-20(8-9-21(18)25)30(28,29)26-12-4-3-5-13-26/h8-10,14-15,19H,2-7,11-13,16-17H2,1H3,(H,23,27)/t19-/m1/s1. The summed E-state index contributed by atoms with van der Waals surface area (Å²) in [5, 5.41) is 3.91. The van der Waals surface area contributed by atoms with E-state index in [1.54, 1.807) is 16.4 Å². The molecule has 1 N–H and O–H groups in total. The molecule has 2 saturated heterocycles. The number of likely N-dealkylation sites (tertiary alicyclic amines) is 1. The summed E-state index contributed by atoms with van der Waals surface area (Å²) in [5.74, 6) is -0.0135. The molecule has 4 rings (SSSR count). The van der Waals surface area contributed by atoms with Gasteiger partial charge in [-0.25, -0.2) is 8.42 Å². The second kappa shape index (κ2) is 9.08. The van der Waals surface area contributed by atoms with Crippen LogP contribution in [0.3, 0.4) is 0 Å². The van der Waals surface area contributed by atoms with Crippen LogP contribution in [0.2, 0.25) is 0 Å². The van der Waals surface area contributed by atoms with Gasteiger partial charge in [-0.3, -0.25) is 9.69 Å². The maximum absolute atomic E-state index is 12.9. The Hall–Kier alpha value is -1.90. The van der Waals surface area contributed by atoms with Crippen LogP contribution < -0.4 is 5.32 Å². The van der Waals surface area contributed by atoms with Gasteiger partial charge in [-0.1, -0.05) is 13.3 Å². The molecule has 0 bridgehead atoms. The molecular formula is C22H32N4O3S. The molecule has 3 heterocycles. The van der Waals surface area contributed by atoms with Crippen LogP contribution in [0.1, 0.15) is 39.0 Å². The number of nitrogens with zero attached hydrogens (tertiary/aromatic N) is 3. The Bertz CT molecular complexity index is 995. The molecule has 2 fully saturated rings. The third kappa shape index (κ3) is 4.40. The highest BCUT2D eigenvalue weighted by Gasteiger charge is 2.26. The Kier molecular flexibility index (Phi) is 6.46. The molecule has 1 aromatic heterocycles. The Morgan fingerprint density at radius 2 is 1.90 bits per heavy atom. The Morgan fingerprint density at radius 1 is 1.10 bits per heavy atom. The van der Waals surface area contributed by atoms with E-state index in [9.17, 15) is 13.2 Å². The van der Waals surface area contributed by atoms with Crippen molar-refractivity contribution in [1.29, 1.82) is 0 Å². The van der Waals surface area contributed by atoms with Gasteiger partial charge in [0.05, 0.1) is 4.90 Å². The van der Waals surface area contributed by atoms with Gasteiger partial charge in [-0.05, 0) is 63.0 Å². The summed E-state index contributed by atoms with van der Waals surface area (Å²) in [5.41, 5.74) is 0.874. The molecule has 2 aliphatic rings. The van der Waals surface area contributed by atoms with Gasteiger partial charge in [-0.15, -0.1) is 0 Å². The van der Waals surface area contributed by atoms with Crippen molar-refractivity contribution in [2.75, 3.05) is 32.7 Å². The van der Waals surface area contributed by atoms with E-state index in [0.717, 1.165) is 49.7 Å². The molecule has 0 unspecified atom stereocenters. The van der Waals surface area contributed by atoms with Gasteiger partial charge >= 0.3 is 0 Å². The average molecular weight is 433 g/mol. The number of amides is 1. The Morgan fingerprint density at radius 3 is 2.67 bits per heavy atom. The van der Waals surface area contributed by atoms with E-state index in [4.69, 9.17) is 0 Å². The fourth-order valence-corrected chi connectivity index (χ4v) is 6.27. The first-order valence-electron chi connectivity index (χ1n) is 11.1. The average Bonchev–Trinajstić information content (AvgIpc) is 3.39. The largest absolute Gasteiger partial charge is 0.353 e. The van der Waals surface area contributed by atoms with Gasteiger partial charge < -0.3 is 9.88 Å². The minimum absolute atomic E-state index is 0.0135.